The van der Waals surface area contributed by atoms with Crippen molar-refractivity contribution in [1.29, 1.82) is 0 Å². The molecule has 0 unspecified atom stereocenters. The number of fused-ring (bicyclic) bond motifs is 4. The minimum absolute atomic E-state index is 0.326. The van der Waals surface area contributed by atoms with Crippen LogP contribution in [0.3, 0.4) is 0 Å². The summed E-state index contributed by atoms with van der Waals surface area (Å²) >= 11 is 0. The monoisotopic (exact) mass is 501 g/mol. The van der Waals surface area contributed by atoms with Gasteiger partial charge in [-0.05, 0) is 101 Å². The van der Waals surface area contributed by atoms with Crippen LogP contribution in [0.15, 0.2) is 24.3 Å². The van der Waals surface area contributed by atoms with Gasteiger partial charge in [0.25, 0.3) is 0 Å². The van der Waals surface area contributed by atoms with Gasteiger partial charge in [-0.25, -0.2) is 0 Å². The Morgan fingerprint density at radius 1 is 1.00 bits per heavy atom. The molecule has 4 heterocycles. The molecule has 3 fully saturated rings. The SMILES string of the molecule is CC(C)N1CCC[C@H]1COc1nc2c(c(N3C[C@H]4CC[C@@H](C3)N4)n1)CC[C@]1(CCc3ccccc3C1)C2. The number of benzene rings is 1. The molecule has 2 aliphatic carbocycles. The van der Waals surface area contributed by atoms with Crippen molar-refractivity contribution in [3.63, 3.8) is 0 Å². The summed E-state index contributed by atoms with van der Waals surface area (Å²) in [4.78, 5) is 15.5. The number of ether oxygens (including phenoxy) is 1. The molecule has 0 amide bonds. The Morgan fingerprint density at radius 3 is 2.59 bits per heavy atom. The quantitative estimate of drug-likeness (QED) is 0.658. The number of nitrogens with one attached hydrogen (secondary N) is 1. The van der Waals surface area contributed by atoms with E-state index in [-0.39, 0.29) is 0 Å². The highest BCUT2D eigenvalue weighted by Crippen LogP contribution is 2.47. The minimum atomic E-state index is 0.326. The van der Waals surface area contributed by atoms with Crippen LogP contribution in [0.4, 0.5) is 5.82 Å². The van der Waals surface area contributed by atoms with E-state index in [1.807, 2.05) is 0 Å². The average molecular weight is 502 g/mol. The third-order valence-corrected chi connectivity index (χ3v) is 10.1. The number of piperazine rings is 1. The Bertz CT molecular complexity index is 1140. The zero-order chi connectivity index (χ0) is 25.0. The van der Waals surface area contributed by atoms with E-state index in [0.29, 0.717) is 42.2 Å². The topological polar surface area (TPSA) is 53.5 Å². The van der Waals surface area contributed by atoms with Gasteiger partial charge < -0.3 is 15.0 Å². The predicted octanol–water partition coefficient (Wildman–Crippen LogP) is 4.33. The number of aromatic nitrogens is 2. The Kier molecular flexibility index (Phi) is 6.16. The average Bonchev–Trinajstić information content (AvgIpc) is 3.52. The highest BCUT2D eigenvalue weighted by Gasteiger charge is 2.41. The second-order valence-electron chi connectivity index (χ2n) is 12.9. The van der Waals surface area contributed by atoms with Gasteiger partial charge in [0.1, 0.15) is 12.4 Å². The second-order valence-corrected chi connectivity index (χ2v) is 12.9. The van der Waals surface area contributed by atoms with Gasteiger partial charge >= 0.3 is 6.01 Å². The van der Waals surface area contributed by atoms with Crippen LogP contribution in [-0.2, 0) is 25.7 Å². The van der Waals surface area contributed by atoms with Gasteiger partial charge in [0.2, 0.25) is 0 Å². The summed E-state index contributed by atoms with van der Waals surface area (Å²) in [5, 5.41) is 3.80. The molecule has 4 atom stereocenters. The first-order valence-corrected chi connectivity index (χ1v) is 14.9. The fraction of sp³-hybridized carbons (Fsp3) is 0.677. The van der Waals surface area contributed by atoms with Gasteiger partial charge in [-0.1, -0.05) is 24.3 Å². The number of aryl methyl sites for hydroxylation is 1. The maximum Gasteiger partial charge on any atom is 0.318 e. The summed E-state index contributed by atoms with van der Waals surface area (Å²) in [7, 11) is 0. The standard InChI is InChI=1S/C31H43N5O/c1-21(2)36-15-5-8-26(36)20-37-30-33-28-17-31(13-11-22-6-3-4-7-23(22)16-31)14-12-27(28)29(34-30)35-18-24-9-10-25(19-35)32-24/h3-4,6-7,21,24-26,32H,5,8-20H2,1-2H3/t24-,25+,26-,31-/m0/s1. The first-order chi connectivity index (χ1) is 18.1. The third kappa shape index (κ3) is 4.54. The summed E-state index contributed by atoms with van der Waals surface area (Å²) in [6, 6.07) is 11.9. The third-order valence-electron chi connectivity index (χ3n) is 10.1. The number of rotatable bonds is 5. The van der Waals surface area contributed by atoms with Crippen molar-refractivity contribution in [2.75, 3.05) is 31.1 Å². The molecule has 3 aliphatic heterocycles. The van der Waals surface area contributed by atoms with Crippen molar-refractivity contribution in [1.82, 2.24) is 20.2 Å². The van der Waals surface area contributed by atoms with Crippen LogP contribution < -0.4 is 15.0 Å². The summed E-state index contributed by atoms with van der Waals surface area (Å²) in [6.07, 6.45) is 12.1. The first-order valence-electron chi connectivity index (χ1n) is 14.9. The number of likely N-dealkylation sites (tertiary alicyclic amines) is 1. The van der Waals surface area contributed by atoms with E-state index in [2.05, 4.69) is 53.2 Å². The van der Waals surface area contributed by atoms with E-state index >= 15 is 0 Å². The van der Waals surface area contributed by atoms with Gasteiger partial charge in [0.05, 0.1) is 5.69 Å². The molecule has 0 radical (unpaired) electrons. The molecule has 1 aromatic carbocycles. The molecule has 6 nitrogen and oxygen atoms in total. The van der Waals surface area contributed by atoms with Gasteiger partial charge in [0, 0.05) is 42.8 Å². The Balaban J connectivity index is 1.18. The molecule has 3 saturated heterocycles. The molecule has 2 bridgehead atoms. The second kappa shape index (κ2) is 9.53. The van der Waals surface area contributed by atoms with Crippen LogP contribution in [-0.4, -0.2) is 65.3 Å². The fourth-order valence-electron chi connectivity index (χ4n) is 8.15. The van der Waals surface area contributed by atoms with Crippen molar-refractivity contribution in [2.45, 2.75) is 102 Å². The number of hydrogen-bond donors (Lipinski definition) is 1. The van der Waals surface area contributed by atoms with Gasteiger partial charge in [-0.15, -0.1) is 0 Å². The lowest BCUT2D eigenvalue weighted by Crippen LogP contribution is -2.52. The zero-order valence-corrected chi connectivity index (χ0v) is 22.7. The summed E-state index contributed by atoms with van der Waals surface area (Å²) in [5.41, 5.74) is 6.10. The van der Waals surface area contributed by atoms with Crippen LogP contribution in [0, 0.1) is 5.41 Å². The van der Waals surface area contributed by atoms with E-state index in [1.165, 1.54) is 75.0 Å². The van der Waals surface area contributed by atoms with Crippen molar-refractivity contribution in [3.05, 3.63) is 46.6 Å². The maximum atomic E-state index is 6.46. The molecule has 2 aromatic rings. The van der Waals surface area contributed by atoms with Gasteiger partial charge in [-0.3, -0.25) is 4.90 Å². The van der Waals surface area contributed by atoms with Gasteiger partial charge in [0.15, 0.2) is 0 Å². The molecule has 1 aromatic heterocycles. The Hall–Kier alpha value is -2.18. The van der Waals surface area contributed by atoms with Crippen LogP contribution in [0.25, 0.3) is 0 Å². The lowest BCUT2D eigenvalue weighted by atomic mass is 9.63. The smallest absolute Gasteiger partial charge is 0.318 e. The van der Waals surface area contributed by atoms with E-state index in [1.54, 1.807) is 11.1 Å². The molecule has 1 spiro atoms. The van der Waals surface area contributed by atoms with E-state index in [9.17, 15) is 0 Å². The highest BCUT2D eigenvalue weighted by atomic mass is 16.5. The lowest BCUT2D eigenvalue weighted by Gasteiger charge is -2.43. The number of nitrogens with zero attached hydrogens (tertiary/aromatic N) is 4. The molecule has 37 heavy (non-hydrogen) atoms. The number of hydrogen-bond acceptors (Lipinski definition) is 6. The molecule has 7 rings (SSSR count). The van der Waals surface area contributed by atoms with E-state index in [0.717, 1.165) is 25.9 Å². The van der Waals surface area contributed by atoms with Crippen molar-refractivity contribution in [3.8, 4) is 6.01 Å². The predicted molar refractivity (Wildman–Crippen MR) is 147 cm³/mol. The first kappa shape index (κ1) is 23.9. The summed E-state index contributed by atoms with van der Waals surface area (Å²) < 4.78 is 6.46. The normalized spacial score (nSPS) is 31.1. The zero-order valence-electron chi connectivity index (χ0n) is 22.7. The molecule has 198 valence electrons. The van der Waals surface area contributed by atoms with Crippen LogP contribution >= 0.6 is 0 Å². The summed E-state index contributed by atoms with van der Waals surface area (Å²) in [5.74, 6) is 1.18. The fourth-order valence-corrected chi connectivity index (χ4v) is 8.15. The van der Waals surface area contributed by atoms with Crippen molar-refractivity contribution < 1.29 is 4.74 Å². The highest BCUT2D eigenvalue weighted by molar-refractivity contribution is 5.53. The van der Waals surface area contributed by atoms with E-state index < -0.39 is 0 Å². The number of anilines is 1. The molecule has 1 N–H and O–H groups in total. The largest absolute Gasteiger partial charge is 0.462 e. The van der Waals surface area contributed by atoms with E-state index in [4.69, 9.17) is 14.7 Å². The molecular formula is C31H43N5O. The van der Waals surface area contributed by atoms with Crippen LogP contribution in [0.5, 0.6) is 6.01 Å². The van der Waals surface area contributed by atoms with Crippen LogP contribution in [0.1, 0.15) is 74.8 Å². The van der Waals surface area contributed by atoms with Crippen LogP contribution in [0.2, 0.25) is 0 Å². The maximum absolute atomic E-state index is 6.46. The molecule has 0 saturated carbocycles. The lowest BCUT2D eigenvalue weighted by molar-refractivity contribution is 0.137. The Labute approximate surface area is 222 Å². The summed E-state index contributed by atoms with van der Waals surface area (Å²) in [6.45, 7) is 8.58. The van der Waals surface area contributed by atoms with Crippen molar-refractivity contribution in [2.24, 2.45) is 5.41 Å². The van der Waals surface area contributed by atoms with Crippen molar-refractivity contribution >= 4 is 5.82 Å². The molecular weight excluding hydrogens is 458 g/mol. The molecule has 6 heteroatoms. The van der Waals surface area contributed by atoms with Gasteiger partial charge in [-0.2, -0.15) is 9.97 Å². The molecule has 5 aliphatic rings. The Morgan fingerprint density at radius 2 is 1.78 bits per heavy atom. The minimum Gasteiger partial charge on any atom is -0.462 e.